The molecule has 3 aliphatic rings. The number of unbranched alkanes of at least 4 members (excludes halogenated alkanes) is 5. The zero-order valence-electron chi connectivity index (χ0n) is 35.7. The lowest BCUT2D eigenvalue weighted by Gasteiger charge is -2.29. The largest absolute Gasteiger partial charge is 0.463 e. The van der Waals surface area contributed by atoms with Gasteiger partial charge in [0.1, 0.15) is 11.9 Å². The summed E-state index contributed by atoms with van der Waals surface area (Å²) < 4.78 is 11.5. The number of nitrogens with one attached hydrogen (secondary N) is 4. The molecule has 16 heteroatoms. The Morgan fingerprint density at radius 1 is 0.873 bits per heavy atom. The number of carbonyl (C=O) groups excluding carboxylic acids is 5. The molecule has 0 radical (unpaired) electrons. The molecule has 0 aliphatic carbocycles. The standard InChI is InChI=1S/C47H55N9O7/c1-32-9-8-10-34(27-32)30-48-54-40-29-41(55-22-25-62-26-23-55)52-47(51-40)63-24-21-33-13-15-36(16-14-33)49-42(57)11-6-4-2-3-5-7-12-43(58)50-37-17-18-38-35(28-37)31-56(46(38)61)39-19-20-44(59)53-45(39)60/h8-10,13-18,27-30,39H,2-7,11-12,19-26,31H2,1H3,(H,49,57)(H,50,58)(H,51,52,54)(H,53,59,60)/b48-30+. The van der Waals surface area contributed by atoms with Crippen LogP contribution in [0.1, 0.15) is 96.8 Å². The maximum absolute atomic E-state index is 12.9. The van der Waals surface area contributed by atoms with Crippen LogP contribution in [0.3, 0.4) is 0 Å². The normalized spacial score (nSPS) is 16.2. The Balaban J connectivity index is 0.755. The number of nitrogens with zero attached hydrogens (tertiary/aromatic N) is 5. The van der Waals surface area contributed by atoms with E-state index in [1.54, 1.807) is 24.4 Å². The highest BCUT2D eigenvalue weighted by Crippen LogP contribution is 2.30. The number of imide groups is 1. The van der Waals surface area contributed by atoms with E-state index in [1.807, 2.05) is 55.5 Å². The Bertz CT molecular complexity index is 2300. The first-order chi connectivity index (χ1) is 30.7. The van der Waals surface area contributed by atoms with Gasteiger partial charge in [0.15, 0.2) is 5.82 Å². The maximum atomic E-state index is 12.9. The van der Waals surface area contributed by atoms with Crippen molar-refractivity contribution in [2.24, 2.45) is 5.10 Å². The summed E-state index contributed by atoms with van der Waals surface area (Å²) in [5, 5.41) is 12.6. The van der Waals surface area contributed by atoms with Crippen molar-refractivity contribution in [2.45, 2.75) is 90.1 Å². The minimum Gasteiger partial charge on any atom is -0.463 e. The van der Waals surface area contributed by atoms with Crippen molar-refractivity contribution < 1.29 is 33.4 Å². The zero-order chi connectivity index (χ0) is 44.0. The Labute approximate surface area is 367 Å². The highest BCUT2D eigenvalue weighted by Gasteiger charge is 2.39. The third-order valence-corrected chi connectivity index (χ3v) is 11.2. The van der Waals surface area contributed by atoms with E-state index in [4.69, 9.17) is 9.47 Å². The molecular weight excluding hydrogens is 803 g/mol. The second-order valence-corrected chi connectivity index (χ2v) is 16.1. The van der Waals surface area contributed by atoms with E-state index in [0.29, 0.717) is 62.6 Å². The fraction of sp³-hybridized carbons (Fsp3) is 0.404. The smallest absolute Gasteiger partial charge is 0.320 e. The van der Waals surface area contributed by atoms with Gasteiger partial charge in [-0.05, 0) is 73.2 Å². The second kappa shape index (κ2) is 21.9. The molecule has 0 spiro atoms. The predicted molar refractivity (Wildman–Crippen MR) is 240 cm³/mol. The Morgan fingerprint density at radius 3 is 2.32 bits per heavy atom. The molecule has 4 heterocycles. The number of carbonyl (C=O) groups is 5. The van der Waals surface area contributed by atoms with Gasteiger partial charge in [0, 0.05) is 68.3 Å². The molecule has 16 nitrogen and oxygen atoms in total. The van der Waals surface area contributed by atoms with Gasteiger partial charge in [-0.2, -0.15) is 15.1 Å². The molecule has 0 bridgehead atoms. The Hall–Kier alpha value is -6.68. The Morgan fingerprint density at radius 2 is 1.59 bits per heavy atom. The molecule has 4 N–H and O–H groups in total. The van der Waals surface area contributed by atoms with Crippen LogP contribution in [0.5, 0.6) is 6.01 Å². The van der Waals surface area contributed by atoms with Gasteiger partial charge in [-0.15, -0.1) is 0 Å². The second-order valence-electron chi connectivity index (χ2n) is 16.1. The average molecular weight is 858 g/mol. The van der Waals surface area contributed by atoms with Crippen LogP contribution in [0, 0.1) is 6.92 Å². The van der Waals surface area contributed by atoms with Crippen molar-refractivity contribution in [1.29, 1.82) is 0 Å². The van der Waals surface area contributed by atoms with E-state index in [0.717, 1.165) is 85.4 Å². The van der Waals surface area contributed by atoms with Crippen molar-refractivity contribution in [3.63, 3.8) is 0 Å². The molecule has 0 saturated carbocycles. The quantitative estimate of drug-likeness (QED) is 0.0345. The van der Waals surface area contributed by atoms with Crippen molar-refractivity contribution in [1.82, 2.24) is 20.2 Å². The first-order valence-electron chi connectivity index (χ1n) is 21.8. The number of ether oxygens (including phenoxy) is 2. The molecule has 3 aliphatic heterocycles. The summed E-state index contributed by atoms with van der Waals surface area (Å²) in [6.07, 6.45) is 9.04. The third-order valence-electron chi connectivity index (χ3n) is 11.2. The van der Waals surface area contributed by atoms with Gasteiger partial charge < -0.3 is 29.9 Å². The van der Waals surface area contributed by atoms with Crippen LogP contribution in [0.25, 0.3) is 0 Å². The van der Waals surface area contributed by atoms with Crippen LogP contribution >= 0.6 is 0 Å². The summed E-state index contributed by atoms with van der Waals surface area (Å²) in [7, 11) is 0. The van der Waals surface area contributed by atoms with Crippen LogP contribution in [0.4, 0.5) is 23.0 Å². The van der Waals surface area contributed by atoms with Crippen molar-refractivity contribution in [2.75, 3.05) is 53.9 Å². The lowest BCUT2D eigenvalue weighted by atomic mass is 10.0. The molecule has 7 rings (SSSR count). The number of rotatable bonds is 20. The van der Waals surface area contributed by atoms with E-state index in [9.17, 15) is 24.0 Å². The number of amides is 5. The van der Waals surface area contributed by atoms with Gasteiger partial charge in [-0.3, -0.25) is 34.7 Å². The molecule has 3 aromatic carbocycles. The maximum Gasteiger partial charge on any atom is 0.320 e. The summed E-state index contributed by atoms with van der Waals surface area (Å²) in [4.78, 5) is 74.9. The fourth-order valence-corrected chi connectivity index (χ4v) is 7.80. The third kappa shape index (κ3) is 12.9. The van der Waals surface area contributed by atoms with Crippen LogP contribution in [0.15, 0.2) is 77.9 Å². The van der Waals surface area contributed by atoms with Crippen LogP contribution in [0.2, 0.25) is 0 Å². The summed E-state index contributed by atoms with van der Waals surface area (Å²) in [5.74, 6) is 0.138. The SMILES string of the molecule is Cc1cccc(/C=N/Nc2cc(N3CCOCC3)nc(OCCc3ccc(NC(=O)CCCCCCCCC(=O)Nc4ccc5c(c4)CN(C4CCC(=O)NC4=O)C5=O)cc3)n2)c1. The molecule has 2 saturated heterocycles. The summed E-state index contributed by atoms with van der Waals surface area (Å²) in [6.45, 7) is 5.36. The number of hydrazone groups is 1. The van der Waals surface area contributed by atoms with Gasteiger partial charge in [0.25, 0.3) is 5.91 Å². The number of piperidine rings is 1. The lowest BCUT2D eigenvalue weighted by Crippen LogP contribution is -2.52. The van der Waals surface area contributed by atoms with Crippen molar-refractivity contribution in [3.05, 3.63) is 101 Å². The highest BCUT2D eigenvalue weighted by atomic mass is 16.5. The monoisotopic (exact) mass is 857 g/mol. The molecule has 63 heavy (non-hydrogen) atoms. The molecule has 1 unspecified atom stereocenters. The predicted octanol–water partition coefficient (Wildman–Crippen LogP) is 6.15. The molecular formula is C47H55N9O7. The van der Waals surface area contributed by atoms with Crippen LogP contribution in [-0.2, 0) is 36.9 Å². The summed E-state index contributed by atoms with van der Waals surface area (Å²) in [5.41, 5.74) is 8.82. The summed E-state index contributed by atoms with van der Waals surface area (Å²) >= 11 is 0. The van der Waals surface area contributed by atoms with Crippen LogP contribution < -0.4 is 31.0 Å². The minimum absolute atomic E-state index is 0.0210. The van der Waals surface area contributed by atoms with Crippen molar-refractivity contribution in [3.8, 4) is 6.01 Å². The van der Waals surface area contributed by atoms with E-state index in [-0.39, 0.29) is 42.6 Å². The number of aromatic nitrogens is 2. The molecule has 330 valence electrons. The van der Waals surface area contributed by atoms with Gasteiger partial charge in [0.05, 0.1) is 26.0 Å². The number of aryl methyl sites for hydroxylation is 1. The number of fused-ring (bicyclic) bond motifs is 1. The van der Waals surface area contributed by atoms with E-state index < -0.39 is 11.9 Å². The van der Waals surface area contributed by atoms with Gasteiger partial charge in [-0.25, -0.2) is 0 Å². The molecule has 1 aromatic heterocycles. The first kappa shape index (κ1) is 44.4. The zero-order valence-corrected chi connectivity index (χ0v) is 35.7. The van der Waals surface area contributed by atoms with Crippen LogP contribution in [-0.4, -0.2) is 89.6 Å². The minimum atomic E-state index is -0.677. The highest BCUT2D eigenvalue weighted by molar-refractivity contribution is 6.05. The van der Waals surface area contributed by atoms with Gasteiger partial charge in [-0.1, -0.05) is 67.6 Å². The molecule has 2 fully saturated rings. The van der Waals surface area contributed by atoms with Gasteiger partial charge in [0.2, 0.25) is 23.6 Å². The number of hydrogen-bond acceptors (Lipinski definition) is 12. The number of hydrogen-bond donors (Lipinski definition) is 4. The molecule has 1 atom stereocenters. The van der Waals surface area contributed by atoms with E-state index in [2.05, 4.69) is 47.4 Å². The number of morpholine rings is 1. The lowest BCUT2D eigenvalue weighted by molar-refractivity contribution is -0.137. The molecule has 4 aromatic rings. The summed E-state index contributed by atoms with van der Waals surface area (Å²) in [6, 6.07) is 22.4. The van der Waals surface area contributed by atoms with E-state index >= 15 is 0 Å². The topological polar surface area (TPSA) is 197 Å². The molecule has 5 amide bonds. The Kier molecular flexibility index (Phi) is 15.4. The number of benzene rings is 3. The first-order valence-corrected chi connectivity index (χ1v) is 21.8. The average Bonchev–Trinajstić information content (AvgIpc) is 3.60. The van der Waals surface area contributed by atoms with Crippen molar-refractivity contribution >= 4 is 58.8 Å². The fourth-order valence-electron chi connectivity index (χ4n) is 7.80. The van der Waals surface area contributed by atoms with E-state index in [1.165, 1.54) is 4.90 Å². The number of anilines is 4. The van der Waals surface area contributed by atoms with Gasteiger partial charge >= 0.3 is 6.01 Å².